The van der Waals surface area contributed by atoms with E-state index in [-0.39, 0.29) is 24.8 Å². The van der Waals surface area contributed by atoms with E-state index in [0.29, 0.717) is 31.2 Å². The van der Waals surface area contributed by atoms with Gasteiger partial charge in [0.2, 0.25) is 5.92 Å². The molecule has 0 amide bonds. The molecule has 9 heteroatoms. The minimum absolute atomic E-state index is 0.00240. The molecule has 0 radical (unpaired) electrons. The predicted molar refractivity (Wildman–Crippen MR) is 167 cm³/mol. The monoisotopic (exact) mass is 589 g/mol. The quantitative estimate of drug-likeness (QED) is 0.273. The van der Waals surface area contributed by atoms with Crippen molar-refractivity contribution in [2.24, 2.45) is 17.8 Å². The van der Waals surface area contributed by atoms with Crippen LogP contribution in [0.1, 0.15) is 100 Å². The lowest BCUT2D eigenvalue weighted by Gasteiger charge is -2.34. The Bertz CT molecular complexity index is 1510. The Morgan fingerprint density at radius 2 is 2.07 bits per heavy atom. The number of allylic oxidation sites excluding steroid dienone is 3. The summed E-state index contributed by atoms with van der Waals surface area (Å²) in [5, 5.41) is 16.7. The van der Waals surface area contributed by atoms with Crippen molar-refractivity contribution in [3.8, 4) is 0 Å². The van der Waals surface area contributed by atoms with Gasteiger partial charge in [0.25, 0.3) is 0 Å². The van der Waals surface area contributed by atoms with Crippen LogP contribution in [0.4, 0.5) is 8.78 Å². The number of alkyl halides is 2. The van der Waals surface area contributed by atoms with Gasteiger partial charge >= 0.3 is 0 Å². The third kappa shape index (κ3) is 6.41. The maximum atomic E-state index is 14.2. The molecule has 7 nitrogen and oxygen atoms in total. The Balaban J connectivity index is 1.37. The average Bonchev–Trinajstić information content (AvgIpc) is 3.65. The van der Waals surface area contributed by atoms with Gasteiger partial charge in [0, 0.05) is 55.7 Å². The number of imidazole rings is 1. The topological polar surface area (TPSA) is 72.1 Å². The van der Waals surface area contributed by atoms with Gasteiger partial charge in [-0.05, 0) is 81.4 Å². The number of rotatable bonds is 9. The van der Waals surface area contributed by atoms with Crippen LogP contribution in [0.3, 0.4) is 0 Å². The predicted octanol–water partition coefficient (Wildman–Crippen LogP) is 7.33. The zero-order valence-electron chi connectivity index (χ0n) is 25.6. The van der Waals surface area contributed by atoms with E-state index in [4.69, 9.17) is 10.1 Å². The lowest BCUT2D eigenvalue weighted by atomic mass is 9.81. The summed E-state index contributed by atoms with van der Waals surface area (Å²) in [5.41, 5.74) is 7.92. The first-order valence-corrected chi connectivity index (χ1v) is 16.1. The van der Waals surface area contributed by atoms with Gasteiger partial charge in [0.1, 0.15) is 0 Å². The van der Waals surface area contributed by atoms with Crippen LogP contribution < -0.4 is 10.6 Å². The number of fused-ring (bicyclic) bond motifs is 1. The van der Waals surface area contributed by atoms with Crippen molar-refractivity contribution in [2.45, 2.75) is 96.6 Å². The number of aryl methyl sites for hydroxylation is 1. The van der Waals surface area contributed by atoms with Crippen molar-refractivity contribution in [1.82, 2.24) is 35.0 Å². The highest BCUT2D eigenvalue weighted by molar-refractivity contribution is 5.70. The van der Waals surface area contributed by atoms with E-state index in [1.165, 1.54) is 24.0 Å². The molecular formula is C34H45F2N7. The van der Waals surface area contributed by atoms with Crippen LogP contribution in [0, 0.1) is 17.8 Å². The molecule has 2 fully saturated rings. The summed E-state index contributed by atoms with van der Waals surface area (Å²) >= 11 is 0. The molecular weight excluding hydrogens is 544 g/mol. The molecule has 43 heavy (non-hydrogen) atoms. The fourth-order valence-corrected chi connectivity index (χ4v) is 7.17. The Morgan fingerprint density at radius 3 is 2.81 bits per heavy atom. The van der Waals surface area contributed by atoms with E-state index < -0.39 is 5.92 Å². The van der Waals surface area contributed by atoms with E-state index in [1.807, 2.05) is 28.4 Å². The van der Waals surface area contributed by atoms with Gasteiger partial charge in [-0.15, -0.1) is 0 Å². The van der Waals surface area contributed by atoms with Crippen LogP contribution in [0.15, 0.2) is 49.5 Å². The molecule has 3 aromatic rings. The van der Waals surface area contributed by atoms with Crippen LogP contribution in [-0.2, 0) is 13.0 Å². The number of nitrogens with zero attached hydrogens (tertiary/aromatic N) is 5. The second-order valence-corrected chi connectivity index (χ2v) is 12.9. The Hall–Kier alpha value is -3.49. The maximum Gasteiger partial charge on any atom is 0.248 e. The fourth-order valence-electron chi connectivity index (χ4n) is 7.17. The number of halogens is 2. The summed E-state index contributed by atoms with van der Waals surface area (Å²) < 4.78 is 32.2. The van der Waals surface area contributed by atoms with Crippen LogP contribution >= 0.6 is 0 Å². The fraction of sp³-hybridized carbons (Fsp3) is 0.559. The summed E-state index contributed by atoms with van der Waals surface area (Å²) in [4.78, 5) is 5.10. The molecule has 0 spiro atoms. The first-order valence-electron chi connectivity index (χ1n) is 16.1. The normalized spacial score (nSPS) is 23.5. The molecule has 3 aliphatic rings. The highest BCUT2D eigenvalue weighted by atomic mass is 19.3. The largest absolute Gasteiger partial charge is 0.388 e. The highest BCUT2D eigenvalue weighted by Gasteiger charge is 2.39. The van der Waals surface area contributed by atoms with E-state index in [0.717, 1.165) is 66.4 Å². The third-order valence-corrected chi connectivity index (χ3v) is 9.69. The minimum atomic E-state index is -2.60. The molecule has 3 aromatic heterocycles. The van der Waals surface area contributed by atoms with Crippen LogP contribution in [0.2, 0.25) is 0 Å². The van der Waals surface area contributed by atoms with Crippen molar-refractivity contribution < 1.29 is 8.78 Å². The highest BCUT2D eigenvalue weighted by Crippen LogP contribution is 2.42. The Kier molecular flexibility index (Phi) is 8.42. The van der Waals surface area contributed by atoms with Crippen LogP contribution in [0.5, 0.6) is 0 Å². The molecule has 4 heterocycles. The van der Waals surface area contributed by atoms with Gasteiger partial charge in [-0.2, -0.15) is 10.2 Å². The van der Waals surface area contributed by atoms with E-state index in [9.17, 15) is 8.78 Å². The number of piperidine rings is 1. The standard InChI is InChI=1S/C34H45F2N7/c1-5-42-31(13-16-38-42)24(4)39-33(26-11-14-34(35,36)15-12-26)30-21-43-32(40-30)19-28(25-9-7-6-8-10-25)29(41-43)18-27-17-22(2)20-37-23(27)3/h9,13,16,19,21-22,26-27,33,37,39H,3-8,10-12,14-15,17-18,20H2,1-2H3. The summed E-state index contributed by atoms with van der Waals surface area (Å²) in [6.07, 6.45) is 13.2. The van der Waals surface area contributed by atoms with Crippen molar-refractivity contribution in [2.75, 3.05) is 6.54 Å². The third-order valence-electron chi connectivity index (χ3n) is 9.69. The first-order chi connectivity index (χ1) is 20.7. The zero-order chi connectivity index (χ0) is 30.1. The van der Waals surface area contributed by atoms with Crippen molar-refractivity contribution in [1.29, 1.82) is 0 Å². The van der Waals surface area contributed by atoms with Gasteiger partial charge in [0.15, 0.2) is 5.65 Å². The van der Waals surface area contributed by atoms with Gasteiger partial charge in [-0.3, -0.25) is 4.68 Å². The number of hydrogen-bond acceptors (Lipinski definition) is 5. The van der Waals surface area contributed by atoms with Crippen LogP contribution in [0.25, 0.3) is 16.9 Å². The Morgan fingerprint density at radius 1 is 1.26 bits per heavy atom. The maximum absolute atomic E-state index is 14.2. The SMILES string of the molecule is C=C(NC(c1cn2nc(CC3CC(C)CNC3=C)c(C3=CCCCC3)cc2n1)C1CCC(F)(F)CC1)c1ccnn1CC. The smallest absolute Gasteiger partial charge is 0.248 e. The van der Waals surface area contributed by atoms with Gasteiger partial charge < -0.3 is 10.6 Å². The second kappa shape index (κ2) is 12.2. The molecule has 1 saturated heterocycles. The number of nitrogens with one attached hydrogen (secondary N) is 2. The van der Waals surface area contributed by atoms with Crippen LogP contribution in [-0.4, -0.2) is 36.8 Å². The number of aromatic nitrogens is 5. The molecule has 1 saturated carbocycles. The molecule has 0 aromatic carbocycles. The summed E-state index contributed by atoms with van der Waals surface area (Å²) in [6, 6.07) is 3.86. The van der Waals surface area contributed by atoms with Crippen molar-refractivity contribution >= 4 is 16.9 Å². The van der Waals surface area contributed by atoms with Crippen molar-refractivity contribution in [3.63, 3.8) is 0 Å². The van der Waals surface area contributed by atoms with E-state index in [2.05, 4.69) is 48.0 Å². The summed E-state index contributed by atoms with van der Waals surface area (Å²) in [6.45, 7) is 14.7. The lowest BCUT2D eigenvalue weighted by Crippen LogP contribution is -2.34. The summed E-state index contributed by atoms with van der Waals surface area (Å²) in [7, 11) is 0. The molecule has 230 valence electrons. The number of hydrogen-bond donors (Lipinski definition) is 2. The van der Waals surface area contributed by atoms with E-state index in [1.54, 1.807) is 6.20 Å². The molecule has 2 N–H and O–H groups in total. The second-order valence-electron chi connectivity index (χ2n) is 12.9. The average molecular weight is 590 g/mol. The van der Waals surface area contributed by atoms with Gasteiger partial charge in [0.05, 0.1) is 35.0 Å². The molecule has 0 bridgehead atoms. The molecule has 1 aliphatic heterocycles. The summed E-state index contributed by atoms with van der Waals surface area (Å²) in [5.74, 6) is -1.70. The van der Waals surface area contributed by atoms with Gasteiger partial charge in [-0.25, -0.2) is 18.3 Å². The van der Waals surface area contributed by atoms with Crippen molar-refractivity contribution in [3.05, 3.63) is 72.1 Å². The molecule has 3 atom stereocenters. The Labute approximate surface area is 253 Å². The zero-order valence-corrected chi connectivity index (χ0v) is 25.6. The molecule has 6 rings (SSSR count). The van der Waals surface area contributed by atoms with Gasteiger partial charge in [-0.1, -0.05) is 26.2 Å². The molecule has 3 unspecified atom stereocenters. The molecule has 2 aliphatic carbocycles. The minimum Gasteiger partial charge on any atom is -0.388 e. The lowest BCUT2D eigenvalue weighted by molar-refractivity contribution is -0.0493. The first kappa shape index (κ1) is 29.6. The van der Waals surface area contributed by atoms with E-state index >= 15 is 0 Å².